The van der Waals surface area contributed by atoms with Crippen molar-refractivity contribution < 1.29 is 9.32 Å². The van der Waals surface area contributed by atoms with Gasteiger partial charge < -0.3 is 4.52 Å². The van der Waals surface area contributed by atoms with E-state index in [-0.39, 0.29) is 18.3 Å². The molecular formula is C21H15Cl2N5O2S. The number of aromatic nitrogens is 4. The summed E-state index contributed by atoms with van der Waals surface area (Å²) in [5, 5.41) is 15.1. The van der Waals surface area contributed by atoms with E-state index < -0.39 is 0 Å². The Labute approximate surface area is 190 Å². The molecule has 3 heterocycles. The van der Waals surface area contributed by atoms with Gasteiger partial charge in [-0.25, -0.2) is 4.52 Å². The quantitative estimate of drug-likeness (QED) is 0.363. The largest absolute Gasteiger partial charge is 0.356 e. The van der Waals surface area contributed by atoms with E-state index in [1.165, 1.54) is 11.3 Å². The number of nitrogens with one attached hydrogen (secondary N) is 1. The van der Waals surface area contributed by atoms with Crippen LogP contribution in [0.4, 0.5) is 5.95 Å². The van der Waals surface area contributed by atoms with Crippen molar-refractivity contribution in [3.8, 4) is 11.3 Å². The van der Waals surface area contributed by atoms with E-state index in [4.69, 9.17) is 27.7 Å². The molecule has 0 aliphatic heterocycles. The third-order valence-corrected chi connectivity index (χ3v) is 6.22. The molecule has 5 rings (SSSR count). The minimum atomic E-state index is -0.278. The summed E-state index contributed by atoms with van der Waals surface area (Å²) in [6.07, 6.45) is 0.0552. The van der Waals surface area contributed by atoms with Gasteiger partial charge in [-0.1, -0.05) is 34.4 Å². The number of rotatable bonds is 4. The van der Waals surface area contributed by atoms with Crippen LogP contribution in [0, 0.1) is 13.8 Å². The number of benzene rings is 2. The number of fused-ring (bicyclic) bond motifs is 2. The maximum atomic E-state index is 12.6. The van der Waals surface area contributed by atoms with E-state index in [1.54, 1.807) is 16.6 Å². The molecule has 0 fully saturated rings. The second-order valence-corrected chi connectivity index (χ2v) is 8.86. The third-order valence-electron chi connectivity index (χ3n) is 4.85. The van der Waals surface area contributed by atoms with Crippen molar-refractivity contribution in [2.75, 3.05) is 5.32 Å². The Morgan fingerprint density at radius 2 is 2.06 bits per heavy atom. The van der Waals surface area contributed by atoms with Crippen molar-refractivity contribution in [2.45, 2.75) is 20.3 Å². The number of hydrogen-bond acceptors (Lipinski definition) is 6. The van der Waals surface area contributed by atoms with E-state index in [1.807, 2.05) is 37.4 Å². The molecule has 1 amide bonds. The molecule has 5 aromatic rings. The molecule has 0 unspecified atom stereocenters. The van der Waals surface area contributed by atoms with Gasteiger partial charge in [0.05, 0.1) is 17.1 Å². The predicted octanol–water partition coefficient (Wildman–Crippen LogP) is 5.70. The van der Waals surface area contributed by atoms with Gasteiger partial charge in [-0.3, -0.25) is 10.1 Å². The number of amides is 1. The summed E-state index contributed by atoms with van der Waals surface area (Å²) >= 11 is 13.7. The number of halogens is 2. The van der Waals surface area contributed by atoms with Crippen LogP contribution in [0.5, 0.6) is 0 Å². The molecule has 0 aliphatic rings. The van der Waals surface area contributed by atoms with Gasteiger partial charge in [-0.15, -0.1) is 16.4 Å². The summed E-state index contributed by atoms with van der Waals surface area (Å²) in [7, 11) is 0. The molecule has 7 nitrogen and oxygen atoms in total. The Morgan fingerprint density at radius 1 is 1.23 bits per heavy atom. The molecule has 0 spiro atoms. The van der Waals surface area contributed by atoms with Crippen LogP contribution >= 0.6 is 34.5 Å². The Morgan fingerprint density at radius 3 is 2.87 bits per heavy atom. The molecule has 156 valence electrons. The maximum absolute atomic E-state index is 12.6. The third kappa shape index (κ3) is 3.67. The summed E-state index contributed by atoms with van der Waals surface area (Å²) in [5.41, 5.74) is 4.90. The molecule has 31 heavy (non-hydrogen) atoms. The lowest BCUT2D eigenvalue weighted by molar-refractivity contribution is -0.115. The fourth-order valence-electron chi connectivity index (χ4n) is 3.58. The highest BCUT2D eigenvalue weighted by atomic mass is 35.5. The fraction of sp³-hybridized carbons (Fsp3) is 0.143. The molecule has 2 aromatic carbocycles. The van der Waals surface area contributed by atoms with E-state index in [9.17, 15) is 4.79 Å². The Balaban J connectivity index is 1.40. The molecule has 0 bridgehead atoms. The van der Waals surface area contributed by atoms with Crippen LogP contribution in [0.1, 0.15) is 16.8 Å². The second-order valence-electron chi connectivity index (χ2n) is 7.18. The first-order valence-electron chi connectivity index (χ1n) is 9.34. The molecule has 0 saturated heterocycles. The van der Waals surface area contributed by atoms with E-state index in [0.717, 1.165) is 27.8 Å². The molecular weight excluding hydrogens is 457 g/mol. The van der Waals surface area contributed by atoms with Crippen molar-refractivity contribution in [1.29, 1.82) is 0 Å². The number of carbonyl (C=O) groups is 1. The van der Waals surface area contributed by atoms with Crippen LogP contribution in [0.15, 0.2) is 40.2 Å². The van der Waals surface area contributed by atoms with Gasteiger partial charge in [0, 0.05) is 21.4 Å². The van der Waals surface area contributed by atoms with Crippen LogP contribution in [-0.2, 0) is 11.2 Å². The minimum absolute atomic E-state index is 0.0552. The van der Waals surface area contributed by atoms with Gasteiger partial charge in [0.15, 0.2) is 5.58 Å². The molecule has 0 radical (unpaired) electrons. The zero-order valence-corrected chi connectivity index (χ0v) is 18.8. The SMILES string of the molecule is Cc1cc(C)c2c(CC(=O)Nc3nc4scc(-c5ccc(Cl)cc5Cl)n4n3)noc2c1. The van der Waals surface area contributed by atoms with Gasteiger partial charge in [0.1, 0.15) is 5.69 Å². The number of aryl methyl sites for hydroxylation is 2. The van der Waals surface area contributed by atoms with Crippen molar-refractivity contribution in [3.63, 3.8) is 0 Å². The van der Waals surface area contributed by atoms with Gasteiger partial charge in [-0.2, -0.15) is 4.98 Å². The van der Waals surface area contributed by atoms with Gasteiger partial charge in [-0.05, 0) is 49.2 Å². The zero-order chi connectivity index (χ0) is 21.7. The van der Waals surface area contributed by atoms with E-state index in [0.29, 0.717) is 26.3 Å². The Bertz CT molecular complexity index is 1470. The normalized spacial score (nSPS) is 11.5. The Kier molecular flexibility index (Phi) is 4.92. The number of hydrogen-bond donors (Lipinski definition) is 1. The van der Waals surface area contributed by atoms with Gasteiger partial charge in [0.25, 0.3) is 0 Å². The highest BCUT2D eigenvalue weighted by Crippen LogP contribution is 2.33. The summed E-state index contributed by atoms with van der Waals surface area (Å²) in [6.45, 7) is 3.96. The summed E-state index contributed by atoms with van der Waals surface area (Å²) in [5.74, 6) is -0.0666. The van der Waals surface area contributed by atoms with E-state index in [2.05, 4.69) is 20.6 Å². The minimum Gasteiger partial charge on any atom is -0.356 e. The summed E-state index contributed by atoms with van der Waals surface area (Å²) in [6, 6.07) is 9.21. The first-order chi connectivity index (χ1) is 14.9. The molecule has 10 heteroatoms. The lowest BCUT2D eigenvalue weighted by atomic mass is 10.0. The average molecular weight is 472 g/mol. The monoisotopic (exact) mass is 471 g/mol. The van der Waals surface area contributed by atoms with Crippen molar-refractivity contribution in [3.05, 3.63) is 62.6 Å². The van der Waals surface area contributed by atoms with E-state index >= 15 is 0 Å². The highest BCUT2D eigenvalue weighted by molar-refractivity contribution is 7.15. The summed E-state index contributed by atoms with van der Waals surface area (Å²) < 4.78 is 7.04. The van der Waals surface area contributed by atoms with Crippen LogP contribution in [0.2, 0.25) is 10.0 Å². The van der Waals surface area contributed by atoms with Crippen LogP contribution in [0.25, 0.3) is 27.2 Å². The van der Waals surface area contributed by atoms with Gasteiger partial charge in [0.2, 0.25) is 16.8 Å². The number of thiazole rings is 1. The first-order valence-corrected chi connectivity index (χ1v) is 11.0. The number of nitrogens with zero attached hydrogens (tertiary/aromatic N) is 4. The average Bonchev–Trinajstić information content (AvgIpc) is 3.37. The topological polar surface area (TPSA) is 85.3 Å². The van der Waals surface area contributed by atoms with Crippen molar-refractivity contribution >= 4 is 62.3 Å². The lowest BCUT2D eigenvalue weighted by Gasteiger charge is -2.03. The molecule has 0 atom stereocenters. The lowest BCUT2D eigenvalue weighted by Crippen LogP contribution is -2.16. The maximum Gasteiger partial charge on any atom is 0.250 e. The fourth-order valence-corrected chi connectivity index (χ4v) is 4.91. The molecule has 3 aromatic heterocycles. The molecule has 0 aliphatic carbocycles. The van der Waals surface area contributed by atoms with Gasteiger partial charge >= 0.3 is 0 Å². The van der Waals surface area contributed by atoms with Crippen LogP contribution in [0.3, 0.4) is 0 Å². The van der Waals surface area contributed by atoms with Crippen molar-refractivity contribution in [1.82, 2.24) is 19.8 Å². The second kappa shape index (κ2) is 7.64. The molecule has 0 saturated carbocycles. The van der Waals surface area contributed by atoms with Crippen LogP contribution in [-0.4, -0.2) is 25.7 Å². The first kappa shape index (κ1) is 20.0. The number of anilines is 1. The molecule has 1 N–H and O–H groups in total. The Hall–Kier alpha value is -2.94. The number of carbonyl (C=O) groups excluding carboxylic acids is 1. The smallest absolute Gasteiger partial charge is 0.250 e. The van der Waals surface area contributed by atoms with Crippen molar-refractivity contribution in [2.24, 2.45) is 0 Å². The zero-order valence-electron chi connectivity index (χ0n) is 16.4. The summed E-state index contributed by atoms with van der Waals surface area (Å²) in [4.78, 5) is 17.7. The predicted molar refractivity (Wildman–Crippen MR) is 122 cm³/mol. The van der Waals surface area contributed by atoms with Crippen LogP contribution < -0.4 is 5.32 Å². The standard InChI is InChI=1S/C21H15Cl2N5O2S/c1-10-5-11(2)19-15(27-30-17(19)6-10)8-18(29)24-20-25-21-28(26-20)16(9-31-21)13-4-3-12(22)7-14(13)23/h3-7,9H,8H2,1-2H3,(H,24,26,29). The highest BCUT2D eigenvalue weighted by Gasteiger charge is 2.18.